The Kier molecular flexibility index (Phi) is 4.66. The molecule has 1 aliphatic heterocycles. The number of piperazine rings is 1. The van der Waals surface area contributed by atoms with Crippen LogP contribution >= 0.6 is 0 Å². The SMILES string of the molecule is O=C(CN1CCNCC1)NCc1cccc(F)c1. The molecule has 0 aliphatic carbocycles. The van der Waals surface area contributed by atoms with E-state index in [-0.39, 0.29) is 11.7 Å². The first-order valence-corrected chi connectivity index (χ1v) is 6.18. The molecule has 0 aromatic heterocycles. The monoisotopic (exact) mass is 251 g/mol. The van der Waals surface area contributed by atoms with Crippen molar-refractivity contribution in [2.24, 2.45) is 0 Å². The smallest absolute Gasteiger partial charge is 0.234 e. The summed E-state index contributed by atoms with van der Waals surface area (Å²) in [5, 5.41) is 6.04. The minimum atomic E-state index is -0.274. The van der Waals surface area contributed by atoms with E-state index in [1.54, 1.807) is 12.1 Å². The fourth-order valence-electron chi connectivity index (χ4n) is 1.98. The van der Waals surface area contributed by atoms with Crippen LogP contribution in [0.5, 0.6) is 0 Å². The molecule has 1 saturated heterocycles. The van der Waals surface area contributed by atoms with Crippen molar-refractivity contribution in [2.75, 3.05) is 32.7 Å². The molecule has 0 atom stereocenters. The summed E-state index contributed by atoms with van der Waals surface area (Å²) in [5.41, 5.74) is 0.781. The van der Waals surface area contributed by atoms with Crippen LogP contribution in [-0.4, -0.2) is 43.5 Å². The highest BCUT2D eigenvalue weighted by Gasteiger charge is 2.12. The number of carbonyl (C=O) groups excluding carboxylic acids is 1. The molecule has 5 heteroatoms. The molecule has 1 aromatic carbocycles. The molecule has 2 rings (SSSR count). The van der Waals surface area contributed by atoms with E-state index in [2.05, 4.69) is 15.5 Å². The molecule has 0 radical (unpaired) electrons. The second kappa shape index (κ2) is 6.47. The van der Waals surface area contributed by atoms with Crippen molar-refractivity contribution in [3.05, 3.63) is 35.6 Å². The van der Waals surface area contributed by atoms with Crippen LogP contribution in [0, 0.1) is 5.82 Å². The Morgan fingerprint density at radius 1 is 1.39 bits per heavy atom. The van der Waals surface area contributed by atoms with Gasteiger partial charge in [-0.1, -0.05) is 12.1 Å². The highest BCUT2D eigenvalue weighted by molar-refractivity contribution is 5.78. The molecule has 1 fully saturated rings. The molecule has 2 N–H and O–H groups in total. The first-order chi connectivity index (χ1) is 8.74. The third kappa shape index (κ3) is 4.09. The Labute approximate surface area is 106 Å². The Hall–Kier alpha value is -1.46. The quantitative estimate of drug-likeness (QED) is 0.811. The van der Waals surface area contributed by atoms with Gasteiger partial charge in [0.2, 0.25) is 5.91 Å². The maximum Gasteiger partial charge on any atom is 0.234 e. The number of hydrogen-bond acceptors (Lipinski definition) is 3. The molecule has 1 aliphatic rings. The molecular formula is C13H18FN3O. The normalized spacial score (nSPS) is 16.5. The summed E-state index contributed by atoms with van der Waals surface area (Å²) < 4.78 is 12.9. The first-order valence-electron chi connectivity index (χ1n) is 6.18. The molecule has 0 unspecified atom stereocenters. The Morgan fingerprint density at radius 3 is 2.89 bits per heavy atom. The Morgan fingerprint density at radius 2 is 2.17 bits per heavy atom. The summed E-state index contributed by atoms with van der Waals surface area (Å²) in [5.74, 6) is -0.287. The average Bonchev–Trinajstić information content (AvgIpc) is 2.38. The molecular weight excluding hydrogens is 233 g/mol. The van der Waals surface area contributed by atoms with Crippen LogP contribution in [0.2, 0.25) is 0 Å². The number of nitrogens with one attached hydrogen (secondary N) is 2. The molecule has 0 saturated carbocycles. The van der Waals surface area contributed by atoms with Gasteiger partial charge in [0.1, 0.15) is 5.82 Å². The molecule has 18 heavy (non-hydrogen) atoms. The van der Waals surface area contributed by atoms with E-state index in [0.29, 0.717) is 13.1 Å². The van der Waals surface area contributed by atoms with Crippen molar-refractivity contribution in [2.45, 2.75) is 6.54 Å². The van der Waals surface area contributed by atoms with Crippen LogP contribution in [0.25, 0.3) is 0 Å². The number of benzene rings is 1. The van der Waals surface area contributed by atoms with Gasteiger partial charge in [-0.05, 0) is 17.7 Å². The number of hydrogen-bond donors (Lipinski definition) is 2. The topological polar surface area (TPSA) is 44.4 Å². The van der Waals surface area contributed by atoms with Gasteiger partial charge in [-0.15, -0.1) is 0 Å². The van der Waals surface area contributed by atoms with Crippen LogP contribution < -0.4 is 10.6 Å². The van der Waals surface area contributed by atoms with E-state index >= 15 is 0 Å². The lowest BCUT2D eigenvalue weighted by atomic mass is 10.2. The van der Waals surface area contributed by atoms with Gasteiger partial charge in [-0.25, -0.2) is 4.39 Å². The number of carbonyl (C=O) groups is 1. The molecule has 0 spiro atoms. The van der Waals surface area contributed by atoms with Crippen molar-refractivity contribution in [1.82, 2.24) is 15.5 Å². The van der Waals surface area contributed by atoms with Crippen LogP contribution in [-0.2, 0) is 11.3 Å². The Balaban J connectivity index is 1.74. The third-order valence-electron chi connectivity index (χ3n) is 2.96. The number of rotatable bonds is 4. The van der Waals surface area contributed by atoms with Crippen molar-refractivity contribution >= 4 is 5.91 Å². The zero-order chi connectivity index (χ0) is 12.8. The number of halogens is 1. The van der Waals surface area contributed by atoms with E-state index < -0.39 is 0 Å². The maximum absolute atomic E-state index is 12.9. The molecule has 0 bridgehead atoms. The van der Waals surface area contributed by atoms with Crippen LogP contribution in [0.15, 0.2) is 24.3 Å². The summed E-state index contributed by atoms with van der Waals surface area (Å²) >= 11 is 0. The van der Waals surface area contributed by atoms with Gasteiger partial charge in [0.25, 0.3) is 0 Å². The molecule has 1 aromatic rings. The average molecular weight is 251 g/mol. The van der Waals surface area contributed by atoms with Crippen LogP contribution in [0.4, 0.5) is 4.39 Å². The summed E-state index contributed by atoms with van der Waals surface area (Å²) in [4.78, 5) is 13.8. The molecule has 1 heterocycles. The molecule has 98 valence electrons. The largest absolute Gasteiger partial charge is 0.351 e. The fourth-order valence-corrected chi connectivity index (χ4v) is 1.98. The van der Waals surface area contributed by atoms with Crippen LogP contribution in [0.1, 0.15) is 5.56 Å². The van der Waals surface area contributed by atoms with Crippen molar-refractivity contribution < 1.29 is 9.18 Å². The zero-order valence-electron chi connectivity index (χ0n) is 10.3. The van der Waals surface area contributed by atoms with E-state index in [9.17, 15) is 9.18 Å². The second-order valence-electron chi connectivity index (χ2n) is 4.43. The van der Waals surface area contributed by atoms with Crippen molar-refractivity contribution in [3.8, 4) is 0 Å². The fraction of sp³-hybridized carbons (Fsp3) is 0.462. The highest BCUT2D eigenvalue weighted by Crippen LogP contribution is 2.02. The third-order valence-corrected chi connectivity index (χ3v) is 2.96. The summed E-state index contributed by atoms with van der Waals surface area (Å²) in [6.45, 7) is 4.44. The van der Waals surface area contributed by atoms with Gasteiger partial charge < -0.3 is 10.6 Å². The highest BCUT2D eigenvalue weighted by atomic mass is 19.1. The van der Waals surface area contributed by atoms with Gasteiger partial charge in [0.05, 0.1) is 6.54 Å². The van der Waals surface area contributed by atoms with E-state index in [1.165, 1.54) is 12.1 Å². The van der Waals surface area contributed by atoms with Crippen molar-refractivity contribution in [1.29, 1.82) is 0 Å². The number of nitrogens with zero attached hydrogens (tertiary/aromatic N) is 1. The summed E-state index contributed by atoms with van der Waals surface area (Å²) in [6, 6.07) is 6.28. The second-order valence-corrected chi connectivity index (χ2v) is 4.43. The number of amides is 1. The van der Waals surface area contributed by atoms with Gasteiger partial charge in [0, 0.05) is 32.7 Å². The summed E-state index contributed by atoms with van der Waals surface area (Å²) in [6.07, 6.45) is 0. The lowest BCUT2D eigenvalue weighted by molar-refractivity contribution is -0.122. The lowest BCUT2D eigenvalue weighted by Crippen LogP contribution is -2.47. The van der Waals surface area contributed by atoms with Gasteiger partial charge >= 0.3 is 0 Å². The minimum Gasteiger partial charge on any atom is -0.351 e. The van der Waals surface area contributed by atoms with Gasteiger partial charge in [-0.3, -0.25) is 9.69 Å². The van der Waals surface area contributed by atoms with Crippen LogP contribution in [0.3, 0.4) is 0 Å². The summed E-state index contributed by atoms with van der Waals surface area (Å²) in [7, 11) is 0. The minimum absolute atomic E-state index is 0.0128. The lowest BCUT2D eigenvalue weighted by Gasteiger charge is -2.26. The molecule has 4 nitrogen and oxygen atoms in total. The molecule has 1 amide bonds. The first kappa shape index (κ1) is 13.0. The predicted octanol–water partition coefficient (Wildman–Crippen LogP) is 0.347. The Bertz CT molecular complexity index is 405. The van der Waals surface area contributed by atoms with E-state index in [0.717, 1.165) is 31.7 Å². The van der Waals surface area contributed by atoms with Gasteiger partial charge in [-0.2, -0.15) is 0 Å². The maximum atomic E-state index is 12.9. The zero-order valence-corrected chi connectivity index (χ0v) is 10.3. The predicted molar refractivity (Wildman–Crippen MR) is 67.6 cm³/mol. The van der Waals surface area contributed by atoms with E-state index in [1.807, 2.05) is 0 Å². The van der Waals surface area contributed by atoms with Crippen molar-refractivity contribution in [3.63, 3.8) is 0 Å². The van der Waals surface area contributed by atoms with Gasteiger partial charge in [0.15, 0.2) is 0 Å². The standard InChI is InChI=1S/C13H18FN3O/c14-12-3-1-2-11(8-12)9-16-13(18)10-17-6-4-15-5-7-17/h1-3,8,15H,4-7,9-10H2,(H,16,18). The van der Waals surface area contributed by atoms with E-state index in [4.69, 9.17) is 0 Å².